The predicted molar refractivity (Wildman–Crippen MR) is 199 cm³/mol. The quantitative estimate of drug-likeness (QED) is 0.146. The first-order chi connectivity index (χ1) is 24.8. The number of nitro groups is 1. The molecule has 0 aromatic heterocycles. The lowest BCUT2D eigenvalue weighted by Gasteiger charge is -2.32. The molecule has 3 aliphatic heterocycles. The van der Waals surface area contributed by atoms with Gasteiger partial charge in [-0.2, -0.15) is 0 Å². The molecule has 3 aliphatic rings. The van der Waals surface area contributed by atoms with Crippen LogP contribution in [0.2, 0.25) is 18.6 Å². The van der Waals surface area contributed by atoms with E-state index in [0.29, 0.717) is 24.2 Å². The highest BCUT2D eigenvalue weighted by Gasteiger charge is 2.66. The van der Waals surface area contributed by atoms with Gasteiger partial charge in [0.2, 0.25) is 11.8 Å². The van der Waals surface area contributed by atoms with Crippen LogP contribution in [0, 0.1) is 16.0 Å². The molecular weight excluding hydrogens is 681 g/mol. The van der Waals surface area contributed by atoms with Gasteiger partial charge in [-0.3, -0.25) is 24.5 Å². The molecule has 3 aromatic carbocycles. The van der Waals surface area contributed by atoms with Gasteiger partial charge in [0.25, 0.3) is 11.6 Å². The SMILES string of the molecule is C[C@@H]1[C@@H]([Si](C)(C)O)[C@H](CC(=O)N(CCO)Cc2ccccc2)O[C@@]12C(=O)N(Cc1cccc(N3CCCCCCC3=O)c1)c1ccc([N+](=O)[O-])cc12. The van der Waals surface area contributed by atoms with Crippen LogP contribution in [-0.4, -0.2) is 71.6 Å². The molecular formula is C39H48N4O8Si. The second-order valence-electron chi connectivity index (χ2n) is 14.8. The first-order valence-electron chi connectivity index (χ1n) is 18.2. The second kappa shape index (κ2) is 15.3. The smallest absolute Gasteiger partial charge is 0.269 e. The average Bonchev–Trinajstić information content (AvgIpc) is 3.52. The Morgan fingerprint density at radius 2 is 1.75 bits per heavy atom. The van der Waals surface area contributed by atoms with Crippen molar-refractivity contribution in [2.75, 3.05) is 29.5 Å². The Morgan fingerprint density at radius 3 is 2.46 bits per heavy atom. The third-order valence-electron chi connectivity index (χ3n) is 10.9. The summed E-state index contributed by atoms with van der Waals surface area (Å²) in [4.78, 5) is 70.1. The van der Waals surface area contributed by atoms with Crippen LogP contribution in [0.5, 0.6) is 0 Å². The molecule has 6 rings (SSSR count). The number of carbonyl (C=O) groups excluding carboxylic acids is 3. The summed E-state index contributed by atoms with van der Waals surface area (Å²) in [5.41, 5.74) is 0.743. The monoisotopic (exact) mass is 728 g/mol. The first kappa shape index (κ1) is 37.3. The lowest BCUT2D eigenvalue weighted by molar-refractivity contribution is -0.385. The molecule has 2 saturated heterocycles. The predicted octanol–water partition coefficient (Wildman–Crippen LogP) is 5.65. The number of ether oxygens (including phenoxy) is 1. The molecule has 276 valence electrons. The van der Waals surface area contributed by atoms with Crippen LogP contribution in [0.15, 0.2) is 72.8 Å². The minimum absolute atomic E-state index is 0.0719. The van der Waals surface area contributed by atoms with Crippen LogP contribution in [0.4, 0.5) is 17.1 Å². The molecule has 12 nitrogen and oxygen atoms in total. The van der Waals surface area contributed by atoms with Crippen LogP contribution in [0.3, 0.4) is 0 Å². The lowest BCUT2D eigenvalue weighted by Crippen LogP contribution is -2.46. The lowest BCUT2D eigenvalue weighted by atomic mass is 9.82. The molecule has 0 bridgehead atoms. The maximum absolute atomic E-state index is 15.0. The molecule has 0 saturated carbocycles. The molecule has 3 aromatic rings. The van der Waals surface area contributed by atoms with Crippen LogP contribution in [0.25, 0.3) is 0 Å². The molecule has 0 unspecified atom stereocenters. The van der Waals surface area contributed by atoms with Gasteiger partial charge in [0.15, 0.2) is 13.9 Å². The zero-order valence-electron chi connectivity index (χ0n) is 30.1. The Morgan fingerprint density at radius 1 is 1.02 bits per heavy atom. The fourth-order valence-corrected chi connectivity index (χ4v) is 11.0. The highest BCUT2D eigenvalue weighted by molar-refractivity contribution is 6.71. The number of hydrogen-bond acceptors (Lipinski definition) is 8. The minimum Gasteiger partial charge on any atom is -0.432 e. The summed E-state index contributed by atoms with van der Waals surface area (Å²) in [6.07, 6.45) is 3.32. The van der Waals surface area contributed by atoms with Gasteiger partial charge in [-0.15, -0.1) is 0 Å². The number of benzene rings is 3. The molecule has 2 fully saturated rings. The molecule has 3 heterocycles. The van der Waals surface area contributed by atoms with E-state index in [1.165, 1.54) is 12.1 Å². The number of nitrogens with zero attached hydrogens (tertiary/aromatic N) is 4. The first-order valence-corrected chi connectivity index (χ1v) is 21.2. The van der Waals surface area contributed by atoms with Gasteiger partial charge in [0.05, 0.1) is 36.3 Å². The zero-order valence-corrected chi connectivity index (χ0v) is 31.1. The van der Waals surface area contributed by atoms with Crippen molar-refractivity contribution in [3.05, 3.63) is 99.6 Å². The van der Waals surface area contributed by atoms with E-state index in [0.717, 1.165) is 42.5 Å². The summed E-state index contributed by atoms with van der Waals surface area (Å²) in [6.45, 7) is 6.19. The summed E-state index contributed by atoms with van der Waals surface area (Å²) >= 11 is 0. The van der Waals surface area contributed by atoms with E-state index in [9.17, 15) is 34.4 Å². The molecule has 1 spiro atoms. The van der Waals surface area contributed by atoms with Crippen LogP contribution in [0.1, 0.15) is 62.1 Å². The van der Waals surface area contributed by atoms with Gasteiger partial charge in [-0.1, -0.05) is 62.2 Å². The topological polar surface area (TPSA) is 154 Å². The normalized spacial score (nSPS) is 23.4. The number of carbonyl (C=O) groups is 3. The minimum atomic E-state index is -3.15. The summed E-state index contributed by atoms with van der Waals surface area (Å²) in [6, 6.07) is 21.3. The van der Waals surface area contributed by atoms with Crippen LogP contribution < -0.4 is 9.80 Å². The van der Waals surface area contributed by atoms with E-state index in [4.69, 9.17) is 4.74 Å². The van der Waals surface area contributed by atoms with Gasteiger partial charge in [-0.25, -0.2) is 0 Å². The highest BCUT2D eigenvalue weighted by atomic mass is 28.4. The summed E-state index contributed by atoms with van der Waals surface area (Å²) < 4.78 is 6.81. The number of non-ortho nitro benzene ring substituents is 1. The van der Waals surface area contributed by atoms with E-state index < -0.39 is 42.3 Å². The summed E-state index contributed by atoms with van der Waals surface area (Å²) in [5, 5.41) is 21.9. The second-order valence-corrected chi connectivity index (χ2v) is 18.8. The third-order valence-corrected chi connectivity index (χ3v) is 13.4. The Kier molecular flexibility index (Phi) is 11.0. The van der Waals surface area contributed by atoms with Crippen LogP contribution in [-0.2, 0) is 37.8 Å². The van der Waals surface area contributed by atoms with Crippen molar-refractivity contribution in [1.82, 2.24) is 4.90 Å². The van der Waals surface area contributed by atoms with Gasteiger partial charge < -0.3 is 29.3 Å². The number of hydrogen-bond donors (Lipinski definition) is 2. The number of aliphatic hydroxyl groups excluding tert-OH is 1. The fourth-order valence-electron chi connectivity index (χ4n) is 8.49. The van der Waals surface area contributed by atoms with Crippen molar-refractivity contribution in [3.63, 3.8) is 0 Å². The maximum Gasteiger partial charge on any atom is 0.269 e. The number of fused-ring (bicyclic) bond motifs is 2. The highest BCUT2D eigenvalue weighted by Crippen LogP contribution is 2.60. The van der Waals surface area contributed by atoms with Gasteiger partial charge in [0.1, 0.15) is 0 Å². The van der Waals surface area contributed by atoms with Crippen LogP contribution >= 0.6 is 0 Å². The van der Waals surface area contributed by atoms with E-state index in [2.05, 4.69) is 0 Å². The fraction of sp³-hybridized carbons (Fsp3) is 0.462. The van der Waals surface area contributed by atoms with Crippen molar-refractivity contribution < 1.29 is 33.9 Å². The van der Waals surface area contributed by atoms with Crippen molar-refractivity contribution in [2.45, 2.75) is 88.9 Å². The summed E-state index contributed by atoms with van der Waals surface area (Å²) in [5.74, 6) is -1.28. The number of amides is 3. The van der Waals surface area contributed by atoms with Crippen molar-refractivity contribution in [3.8, 4) is 0 Å². The number of rotatable bonds is 11. The molecule has 4 atom stereocenters. The van der Waals surface area contributed by atoms with Crippen molar-refractivity contribution >= 4 is 43.1 Å². The number of anilines is 2. The average molecular weight is 729 g/mol. The maximum atomic E-state index is 15.0. The molecule has 52 heavy (non-hydrogen) atoms. The van der Waals surface area contributed by atoms with E-state index in [1.807, 2.05) is 66.4 Å². The number of nitro benzene ring substituents is 1. The molecule has 13 heteroatoms. The Balaban J connectivity index is 1.35. The molecule has 2 N–H and O–H groups in total. The van der Waals surface area contributed by atoms with Crippen molar-refractivity contribution in [1.29, 1.82) is 0 Å². The summed E-state index contributed by atoms with van der Waals surface area (Å²) in [7, 11) is -3.15. The zero-order chi connectivity index (χ0) is 37.2. The Bertz CT molecular complexity index is 1820. The van der Waals surface area contributed by atoms with E-state index in [1.54, 1.807) is 29.0 Å². The van der Waals surface area contributed by atoms with Gasteiger partial charge in [0, 0.05) is 60.9 Å². The largest absolute Gasteiger partial charge is 0.432 e. The Labute approximate surface area is 305 Å². The third kappa shape index (κ3) is 7.27. The van der Waals surface area contributed by atoms with Gasteiger partial charge in [-0.05, 0) is 55.3 Å². The Hall–Kier alpha value is -4.43. The molecule has 0 radical (unpaired) electrons. The van der Waals surface area contributed by atoms with Crippen molar-refractivity contribution in [2.24, 2.45) is 5.92 Å². The van der Waals surface area contributed by atoms with E-state index in [-0.39, 0.29) is 50.2 Å². The van der Waals surface area contributed by atoms with E-state index >= 15 is 0 Å². The van der Waals surface area contributed by atoms with Gasteiger partial charge >= 0.3 is 0 Å². The molecule has 3 amide bonds. The molecule has 0 aliphatic carbocycles. The number of aliphatic hydroxyl groups is 1. The standard InChI is InChI=1S/C39H48N4O8Si/c1-27-37(52(2,3)50)34(24-36(46)40(20-21-44)25-28-12-7-6-8-13-28)51-39(27)32-23-31(43(48)49)17-18-33(32)42(38(39)47)26-29-14-11-15-30(22-29)41-19-10-5-4-9-16-35(41)45/h6-8,11-15,17-18,22-23,27,34,37,44,50H,4-5,9-10,16,19-21,24-26H2,1-3H3/t27-,34+,37-,39+/m1/s1.